The van der Waals surface area contributed by atoms with Gasteiger partial charge in [-0.05, 0) is 12.5 Å². The fourth-order valence-electron chi connectivity index (χ4n) is 1.88. The van der Waals surface area contributed by atoms with Crippen molar-refractivity contribution in [3.05, 3.63) is 24.4 Å². The highest BCUT2D eigenvalue weighted by atomic mass is 16.1. The van der Waals surface area contributed by atoms with E-state index in [1.807, 2.05) is 13.1 Å². The number of hydrogen-bond acceptors (Lipinski definition) is 2. The molecule has 2 heteroatoms. The summed E-state index contributed by atoms with van der Waals surface area (Å²) in [5.74, 6) is 0.437. The molecule has 0 amide bonds. The predicted octanol–water partition coefficient (Wildman–Crippen LogP) is 1.35. The first-order chi connectivity index (χ1) is 5.79. The van der Waals surface area contributed by atoms with Gasteiger partial charge in [0.2, 0.25) is 0 Å². The van der Waals surface area contributed by atoms with Gasteiger partial charge in [-0.25, -0.2) is 0 Å². The third-order valence-electron chi connectivity index (χ3n) is 2.74. The first-order valence-corrected chi connectivity index (χ1v) is 4.42. The predicted molar refractivity (Wildman–Crippen MR) is 47.6 cm³/mol. The summed E-state index contributed by atoms with van der Waals surface area (Å²) in [6.45, 7) is 2.97. The summed E-state index contributed by atoms with van der Waals surface area (Å²) in [4.78, 5) is 13.6. The Bertz CT molecular complexity index is 255. The molecule has 0 saturated heterocycles. The Balaban J connectivity index is 2.25. The van der Waals surface area contributed by atoms with Crippen LogP contribution in [0.25, 0.3) is 0 Å². The monoisotopic (exact) mass is 163 g/mol. The molecule has 0 aliphatic carbocycles. The number of fused-ring (bicyclic) bond motifs is 1. The molecule has 2 aliphatic rings. The van der Waals surface area contributed by atoms with Crippen LogP contribution in [0.5, 0.6) is 0 Å². The molecule has 0 spiro atoms. The van der Waals surface area contributed by atoms with Crippen LogP contribution >= 0.6 is 0 Å². The molecule has 2 rings (SSSR count). The Kier molecular flexibility index (Phi) is 1.75. The zero-order chi connectivity index (χ0) is 8.55. The maximum Gasteiger partial charge on any atom is 0.161 e. The average Bonchev–Trinajstić information content (AvgIpc) is 2.12. The maximum atomic E-state index is 11.3. The van der Waals surface area contributed by atoms with Gasteiger partial charge >= 0.3 is 0 Å². The van der Waals surface area contributed by atoms with E-state index in [0.717, 1.165) is 13.0 Å². The summed E-state index contributed by atoms with van der Waals surface area (Å²) in [6.07, 6.45) is 8.96. The van der Waals surface area contributed by atoms with Crippen LogP contribution in [0, 0.1) is 5.92 Å². The van der Waals surface area contributed by atoms with Crippen LogP contribution in [0.3, 0.4) is 0 Å². The molecule has 0 aromatic carbocycles. The van der Waals surface area contributed by atoms with Crippen molar-refractivity contribution >= 4 is 5.78 Å². The van der Waals surface area contributed by atoms with Crippen LogP contribution in [-0.2, 0) is 4.79 Å². The normalized spacial score (nSPS) is 33.8. The van der Waals surface area contributed by atoms with Gasteiger partial charge in [0.05, 0.1) is 0 Å². The summed E-state index contributed by atoms with van der Waals surface area (Å²) in [5, 5.41) is 0. The average molecular weight is 163 g/mol. The Hall–Kier alpha value is -1.05. The number of ketones is 1. The van der Waals surface area contributed by atoms with Crippen LogP contribution in [0.15, 0.2) is 24.4 Å². The summed E-state index contributed by atoms with van der Waals surface area (Å²) in [6, 6.07) is 0.410. The minimum atomic E-state index is 0.167. The van der Waals surface area contributed by atoms with Crippen molar-refractivity contribution in [2.45, 2.75) is 19.4 Å². The lowest BCUT2D eigenvalue weighted by atomic mass is 9.89. The fourth-order valence-corrected chi connectivity index (χ4v) is 1.88. The molecule has 0 saturated carbocycles. The lowest BCUT2D eigenvalue weighted by Crippen LogP contribution is -2.43. The first kappa shape index (κ1) is 7.59. The van der Waals surface area contributed by atoms with Gasteiger partial charge in [0, 0.05) is 24.7 Å². The van der Waals surface area contributed by atoms with Crippen molar-refractivity contribution in [1.29, 1.82) is 0 Å². The molecule has 64 valence electrons. The Morgan fingerprint density at radius 3 is 3.17 bits per heavy atom. The molecular weight excluding hydrogens is 150 g/mol. The summed E-state index contributed by atoms with van der Waals surface area (Å²) in [5.41, 5.74) is 0. The SMILES string of the molecule is CC1C(=O)C=CN2CC=CCC12. The summed E-state index contributed by atoms with van der Waals surface area (Å²) < 4.78 is 0. The smallest absolute Gasteiger partial charge is 0.161 e. The molecule has 0 aromatic heterocycles. The Morgan fingerprint density at radius 2 is 2.33 bits per heavy atom. The van der Waals surface area contributed by atoms with Gasteiger partial charge < -0.3 is 4.90 Å². The molecule has 2 atom stereocenters. The van der Waals surface area contributed by atoms with Crippen LogP contribution in [0.1, 0.15) is 13.3 Å². The second-order valence-corrected chi connectivity index (χ2v) is 3.48. The molecule has 2 heterocycles. The maximum absolute atomic E-state index is 11.3. The van der Waals surface area contributed by atoms with Crippen LogP contribution < -0.4 is 0 Å². The van der Waals surface area contributed by atoms with Gasteiger partial charge in [-0.1, -0.05) is 19.1 Å². The van der Waals surface area contributed by atoms with Gasteiger partial charge in [0.15, 0.2) is 5.78 Å². The van der Waals surface area contributed by atoms with E-state index in [0.29, 0.717) is 6.04 Å². The standard InChI is InChI=1S/C10H13NO/c1-8-9-4-2-3-6-11(9)7-5-10(8)12/h2-3,5,7-9H,4,6H2,1H3. The molecule has 0 aromatic rings. The fraction of sp³-hybridized carbons (Fsp3) is 0.500. The summed E-state index contributed by atoms with van der Waals surface area (Å²) >= 11 is 0. The third kappa shape index (κ3) is 1.07. The van der Waals surface area contributed by atoms with Crippen molar-refractivity contribution in [3.8, 4) is 0 Å². The molecule has 0 bridgehead atoms. The number of rotatable bonds is 0. The molecule has 0 N–H and O–H groups in total. The molecule has 2 nitrogen and oxygen atoms in total. The van der Waals surface area contributed by atoms with E-state index in [4.69, 9.17) is 0 Å². The second-order valence-electron chi connectivity index (χ2n) is 3.48. The number of nitrogens with zero attached hydrogens (tertiary/aromatic N) is 1. The number of carbonyl (C=O) groups is 1. The summed E-state index contributed by atoms with van der Waals surface area (Å²) in [7, 11) is 0. The lowest BCUT2D eigenvalue weighted by Gasteiger charge is -2.37. The van der Waals surface area contributed by atoms with E-state index in [2.05, 4.69) is 17.1 Å². The van der Waals surface area contributed by atoms with E-state index in [1.54, 1.807) is 6.08 Å². The molecule has 12 heavy (non-hydrogen) atoms. The van der Waals surface area contributed by atoms with Gasteiger partial charge in [-0.15, -0.1) is 0 Å². The minimum absolute atomic E-state index is 0.167. The quantitative estimate of drug-likeness (QED) is 0.502. The molecule has 0 fully saturated rings. The van der Waals surface area contributed by atoms with Crippen molar-refractivity contribution in [2.75, 3.05) is 6.54 Å². The highest BCUT2D eigenvalue weighted by Gasteiger charge is 2.29. The van der Waals surface area contributed by atoms with Gasteiger partial charge in [0.1, 0.15) is 0 Å². The van der Waals surface area contributed by atoms with Crippen molar-refractivity contribution in [2.24, 2.45) is 5.92 Å². The molecule has 2 aliphatic heterocycles. The second kappa shape index (κ2) is 2.77. The third-order valence-corrected chi connectivity index (χ3v) is 2.74. The van der Waals surface area contributed by atoms with E-state index >= 15 is 0 Å². The highest BCUT2D eigenvalue weighted by Crippen LogP contribution is 2.24. The van der Waals surface area contributed by atoms with Gasteiger partial charge in [-0.2, -0.15) is 0 Å². The zero-order valence-electron chi connectivity index (χ0n) is 7.23. The van der Waals surface area contributed by atoms with Gasteiger partial charge in [-0.3, -0.25) is 4.79 Å². The van der Waals surface area contributed by atoms with E-state index in [9.17, 15) is 4.79 Å². The molecule has 2 unspecified atom stereocenters. The van der Waals surface area contributed by atoms with Crippen molar-refractivity contribution in [3.63, 3.8) is 0 Å². The number of carbonyl (C=O) groups excluding carboxylic acids is 1. The number of allylic oxidation sites excluding steroid dienone is 1. The van der Waals surface area contributed by atoms with Crippen molar-refractivity contribution in [1.82, 2.24) is 4.90 Å². The zero-order valence-corrected chi connectivity index (χ0v) is 7.23. The Morgan fingerprint density at radius 1 is 1.50 bits per heavy atom. The van der Waals surface area contributed by atoms with E-state index < -0.39 is 0 Å². The van der Waals surface area contributed by atoms with E-state index in [1.165, 1.54) is 0 Å². The van der Waals surface area contributed by atoms with Crippen LogP contribution in [-0.4, -0.2) is 23.3 Å². The first-order valence-electron chi connectivity index (χ1n) is 4.42. The van der Waals surface area contributed by atoms with Crippen LogP contribution in [0.4, 0.5) is 0 Å². The van der Waals surface area contributed by atoms with E-state index in [-0.39, 0.29) is 11.7 Å². The van der Waals surface area contributed by atoms with Crippen molar-refractivity contribution < 1.29 is 4.79 Å². The van der Waals surface area contributed by atoms with Gasteiger partial charge in [0.25, 0.3) is 0 Å². The highest BCUT2D eigenvalue weighted by molar-refractivity contribution is 5.92. The minimum Gasteiger partial charge on any atom is -0.370 e. The lowest BCUT2D eigenvalue weighted by molar-refractivity contribution is -0.120. The largest absolute Gasteiger partial charge is 0.370 e. The Labute approximate surface area is 72.6 Å². The molecular formula is C10H13NO. The number of hydrogen-bond donors (Lipinski definition) is 0. The molecule has 0 radical (unpaired) electrons. The van der Waals surface area contributed by atoms with Crippen LogP contribution in [0.2, 0.25) is 0 Å². The topological polar surface area (TPSA) is 20.3 Å².